The van der Waals surface area contributed by atoms with Crippen LogP contribution in [-0.4, -0.2) is 60.0 Å². The minimum Gasteiger partial charge on any atom is -0.461 e. The lowest BCUT2D eigenvalue weighted by Crippen LogP contribution is -2.36. The van der Waals surface area contributed by atoms with Gasteiger partial charge in [-0.15, -0.1) is 0 Å². The Labute approximate surface area is 168 Å². The maximum absolute atomic E-state index is 13.1. The monoisotopic (exact) mass is 394 g/mol. The summed E-state index contributed by atoms with van der Waals surface area (Å²) in [4.78, 5) is 39.3. The Morgan fingerprint density at radius 1 is 1.04 bits per heavy atom. The van der Waals surface area contributed by atoms with E-state index in [-0.39, 0.29) is 24.8 Å². The van der Waals surface area contributed by atoms with Crippen molar-refractivity contribution < 1.29 is 23.9 Å². The van der Waals surface area contributed by atoms with Crippen LogP contribution in [0.4, 0.5) is 0 Å². The Hall–Kier alpha value is -2.15. The largest absolute Gasteiger partial charge is 0.461 e. The highest BCUT2D eigenvalue weighted by molar-refractivity contribution is 6.04. The summed E-state index contributed by atoms with van der Waals surface area (Å²) in [6, 6.07) is 0. The van der Waals surface area contributed by atoms with Gasteiger partial charge >= 0.3 is 5.97 Å². The van der Waals surface area contributed by atoms with Crippen molar-refractivity contribution in [1.82, 2.24) is 9.47 Å². The molecule has 158 valence electrons. The molecule has 0 N–H and O–H groups in total. The van der Waals surface area contributed by atoms with Crippen LogP contribution in [0.3, 0.4) is 0 Å². The number of hydrogen-bond acceptors (Lipinski definition) is 5. The highest BCUT2D eigenvalue weighted by Crippen LogP contribution is 2.24. The highest BCUT2D eigenvalue weighted by atomic mass is 16.5. The van der Waals surface area contributed by atoms with Gasteiger partial charge in [-0.3, -0.25) is 9.59 Å². The lowest BCUT2D eigenvalue weighted by atomic mass is 10.0. The van der Waals surface area contributed by atoms with Crippen LogP contribution in [0.2, 0.25) is 0 Å². The molecule has 0 aromatic carbocycles. The predicted molar refractivity (Wildman–Crippen MR) is 108 cm³/mol. The van der Waals surface area contributed by atoms with Gasteiger partial charge in [-0.05, 0) is 46.6 Å². The minimum atomic E-state index is -0.429. The third-order valence-electron chi connectivity index (χ3n) is 4.74. The zero-order chi connectivity index (χ0) is 21.3. The number of amides is 1. The van der Waals surface area contributed by atoms with Crippen LogP contribution < -0.4 is 0 Å². The topological polar surface area (TPSA) is 77.8 Å². The maximum atomic E-state index is 13.1. The fourth-order valence-corrected chi connectivity index (χ4v) is 3.43. The zero-order valence-corrected chi connectivity index (χ0v) is 18.1. The van der Waals surface area contributed by atoms with Gasteiger partial charge in [-0.2, -0.15) is 0 Å². The number of rotatable bonds is 12. The van der Waals surface area contributed by atoms with E-state index in [1.54, 1.807) is 25.7 Å². The summed E-state index contributed by atoms with van der Waals surface area (Å²) >= 11 is 0. The van der Waals surface area contributed by atoms with Gasteiger partial charge in [0.1, 0.15) is 5.69 Å². The Balaban J connectivity index is 3.11. The Bertz CT molecular complexity index is 693. The molecule has 0 spiro atoms. The van der Waals surface area contributed by atoms with Gasteiger partial charge < -0.3 is 18.9 Å². The van der Waals surface area contributed by atoms with E-state index < -0.39 is 5.97 Å². The summed E-state index contributed by atoms with van der Waals surface area (Å²) in [6.07, 6.45) is 1.01. The second-order valence-electron chi connectivity index (χ2n) is 6.54. The van der Waals surface area contributed by atoms with E-state index in [0.29, 0.717) is 56.0 Å². The lowest BCUT2D eigenvalue weighted by molar-refractivity contribution is -0.130. The van der Waals surface area contributed by atoms with Crippen LogP contribution in [0.15, 0.2) is 0 Å². The molecule has 0 saturated carbocycles. The second-order valence-corrected chi connectivity index (χ2v) is 6.54. The number of nitrogens with zero attached hydrogens (tertiary/aromatic N) is 2. The summed E-state index contributed by atoms with van der Waals surface area (Å²) in [5.41, 5.74) is 2.26. The van der Waals surface area contributed by atoms with Crippen molar-refractivity contribution in [2.45, 2.75) is 60.9 Å². The third-order valence-corrected chi connectivity index (χ3v) is 4.74. The average molecular weight is 395 g/mol. The Kier molecular flexibility index (Phi) is 9.93. The van der Waals surface area contributed by atoms with E-state index >= 15 is 0 Å². The van der Waals surface area contributed by atoms with Gasteiger partial charge in [0.2, 0.25) is 5.91 Å². The summed E-state index contributed by atoms with van der Waals surface area (Å²) < 4.78 is 12.3. The van der Waals surface area contributed by atoms with E-state index in [0.717, 1.165) is 5.69 Å². The zero-order valence-electron chi connectivity index (χ0n) is 18.1. The van der Waals surface area contributed by atoms with Crippen molar-refractivity contribution in [3.05, 3.63) is 22.5 Å². The van der Waals surface area contributed by atoms with Crippen molar-refractivity contribution in [1.29, 1.82) is 0 Å². The van der Waals surface area contributed by atoms with Crippen LogP contribution >= 0.6 is 0 Å². The van der Waals surface area contributed by atoms with E-state index in [9.17, 15) is 14.4 Å². The fourth-order valence-electron chi connectivity index (χ4n) is 3.43. The molecule has 7 nitrogen and oxygen atoms in total. The number of aromatic nitrogens is 1. The van der Waals surface area contributed by atoms with E-state index in [4.69, 9.17) is 9.47 Å². The van der Waals surface area contributed by atoms with Gasteiger partial charge in [0.05, 0.1) is 13.2 Å². The number of carbonyl (C=O) groups is 3. The number of ether oxygens (including phenoxy) is 2. The Morgan fingerprint density at radius 2 is 1.71 bits per heavy atom. The second kappa shape index (κ2) is 11.6. The van der Waals surface area contributed by atoms with Crippen molar-refractivity contribution in [2.24, 2.45) is 0 Å². The van der Waals surface area contributed by atoms with E-state index in [1.807, 2.05) is 25.3 Å². The standard InChI is InChI=1S/C21H34N2O5/c1-7-18(25)22(12-11-13-27-9-3)14-17(24)19-15(5)20(21(26)28-10-4)23(8-2)16(19)6/h7-14H2,1-6H3. The molecular weight excluding hydrogens is 360 g/mol. The molecule has 0 saturated heterocycles. The van der Waals surface area contributed by atoms with E-state index in [1.165, 1.54) is 0 Å². The number of hydrogen-bond donors (Lipinski definition) is 0. The Morgan fingerprint density at radius 3 is 2.25 bits per heavy atom. The molecule has 0 fully saturated rings. The molecule has 1 rings (SSSR count). The molecule has 0 bridgehead atoms. The van der Waals surface area contributed by atoms with Gasteiger partial charge in [0.15, 0.2) is 5.78 Å². The smallest absolute Gasteiger partial charge is 0.355 e. The molecule has 0 aliphatic carbocycles. The fraction of sp³-hybridized carbons (Fsp3) is 0.667. The first kappa shape index (κ1) is 23.9. The molecule has 1 amide bonds. The highest BCUT2D eigenvalue weighted by Gasteiger charge is 2.28. The van der Waals surface area contributed by atoms with E-state index in [2.05, 4.69) is 0 Å². The molecule has 0 atom stereocenters. The number of Topliss-reactive ketones (excluding diaryl/α,β-unsaturated/α-hetero) is 1. The third kappa shape index (κ3) is 5.67. The molecule has 7 heteroatoms. The molecular formula is C21H34N2O5. The average Bonchev–Trinajstić information content (AvgIpc) is 2.93. The molecule has 0 unspecified atom stereocenters. The molecule has 0 aliphatic rings. The first-order valence-electron chi connectivity index (χ1n) is 10.1. The first-order chi connectivity index (χ1) is 13.3. The van der Waals surface area contributed by atoms with Crippen LogP contribution in [-0.2, 0) is 20.8 Å². The van der Waals surface area contributed by atoms with Crippen molar-refractivity contribution in [3.8, 4) is 0 Å². The SMILES string of the molecule is CCOCCCN(CC(=O)c1c(C)c(C(=O)OCC)n(CC)c1C)C(=O)CC. The van der Waals surface area contributed by atoms with Gasteiger partial charge in [-0.1, -0.05) is 6.92 Å². The first-order valence-corrected chi connectivity index (χ1v) is 10.1. The number of esters is 1. The molecule has 0 aliphatic heterocycles. The van der Waals surface area contributed by atoms with Crippen molar-refractivity contribution >= 4 is 17.7 Å². The molecule has 1 aromatic heterocycles. The summed E-state index contributed by atoms with van der Waals surface area (Å²) in [5.74, 6) is -0.658. The quantitative estimate of drug-likeness (QED) is 0.309. The van der Waals surface area contributed by atoms with Crippen LogP contribution in [0.5, 0.6) is 0 Å². The number of carbonyl (C=O) groups excluding carboxylic acids is 3. The molecule has 28 heavy (non-hydrogen) atoms. The van der Waals surface area contributed by atoms with Gasteiger partial charge in [-0.25, -0.2) is 4.79 Å². The van der Waals surface area contributed by atoms with Gasteiger partial charge in [0, 0.05) is 44.0 Å². The maximum Gasteiger partial charge on any atom is 0.355 e. The van der Waals surface area contributed by atoms with Crippen LogP contribution in [0, 0.1) is 13.8 Å². The summed E-state index contributed by atoms with van der Waals surface area (Å²) in [5, 5.41) is 0. The van der Waals surface area contributed by atoms with Crippen LogP contribution in [0.25, 0.3) is 0 Å². The molecule has 1 heterocycles. The minimum absolute atomic E-state index is 0.00350. The summed E-state index contributed by atoms with van der Waals surface area (Å²) in [6.45, 7) is 13.4. The van der Waals surface area contributed by atoms with Gasteiger partial charge in [0.25, 0.3) is 0 Å². The molecule has 0 radical (unpaired) electrons. The van der Waals surface area contributed by atoms with Crippen molar-refractivity contribution in [2.75, 3.05) is 32.9 Å². The van der Waals surface area contributed by atoms with Crippen LogP contribution in [0.1, 0.15) is 72.6 Å². The normalized spacial score (nSPS) is 10.8. The summed E-state index contributed by atoms with van der Waals surface area (Å²) in [7, 11) is 0. The number of ketones is 1. The molecule has 1 aromatic rings. The predicted octanol–water partition coefficient (Wildman–Crippen LogP) is 3.15. The van der Waals surface area contributed by atoms with Crippen molar-refractivity contribution in [3.63, 3.8) is 0 Å². The lowest BCUT2D eigenvalue weighted by Gasteiger charge is -2.21.